The molecule has 0 unspecified atom stereocenters. The fourth-order valence-electron chi connectivity index (χ4n) is 2.48. The molecule has 0 amide bonds. The van der Waals surface area contributed by atoms with Crippen LogP contribution in [0.15, 0.2) is 18.2 Å². The summed E-state index contributed by atoms with van der Waals surface area (Å²) in [4.78, 5) is 7.02. The fourth-order valence-corrected chi connectivity index (χ4v) is 3.96. The van der Waals surface area contributed by atoms with Crippen LogP contribution in [-0.2, 0) is 6.42 Å². The minimum atomic E-state index is 0.570. The Hall–Kier alpha value is -1.07. The van der Waals surface area contributed by atoms with Gasteiger partial charge in [0.15, 0.2) is 4.96 Å². The van der Waals surface area contributed by atoms with Crippen LogP contribution in [-0.4, -0.2) is 15.9 Å². The van der Waals surface area contributed by atoms with Gasteiger partial charge in [-0.15, -0.1) is 11.3 Å². The lowest BCUT2D eigenvalue weighted by Crippen LogP contribution is -2.07. The summed E-state index contributed by atoms with van der Waals surface area (Å²) in [6.07, 6.45) is 0.756. The number of rotatable bonds is 3. The zero-order valence-corrected chi connectivity index (χ0v) is 14.1. The van der Waals surface area contributed by atoms with E-state index in [1.54, 1.807) is 17.4 Å². The largest absolute Gasteiger partial charge is 0.330 e. The molecule has 6 heteroatoms. The molecule has 3 rings (SSSR count). The molecule has 2 N–H and O–H groups in total. The monoisotopic (exact) mass is 339 g/mol. The summed E-state index contributed by atoms with van der Waals surface area (Å²) in [5.41, 5.74) is 9.91. The SMILES string of the molecule is Cc1sc2nc(-c3ccc(Cl)cc3Cl)c(CCN)n2c1C. The topological polar surface area (TPSA) is 43.3 Å². The first-order chi connectivity index (χ1) is 10.0. The number of imidazole rings is 1. The number of aromatic nitrogens is 2. The summed E-state index contributed by atoms with van der Waals surface area (Å²) in [7, 11) is 0. The zero-order valence-electron chi connectivity index (χ0n) is 11.8. The Balaban J connectivity index is 2.29. The van der Waals surface area contributed by atoms with E-state index in [2.05, 4.69) is 18.2 Å². The Labute approximate surface area is 137 Å². The summed E-state index contributed by atoms with van der Waals surface area (Å²) in [5.74, 6) is 0. The molecule has 0 aliphatic rings. The molecule has 0 spiro atoms. The highest BCUT2D eigenvalue weighted by atomic mass is 35.5. The first kappa shape index (κ1) is 14.9. The van der Waals surface area contributed by atoms with Crippen molar-refractivity contribution in [3.05, 3.63) is 44.5 Å². The van der Waals surface area contributed by atoms with Gasteiger partial charge in [0.2, 0.25) is 0 Å². The first-order valence-corrected chi connectivity index (χ1v) is 8.23. The third-order valence-corrected chi connectivity index (χ3v) is 5.20. The number of nitrogens with two attached hydrogens (primary N) is 1. The Morgan fingerprint density at radius 2 is 2.05 bits per heavy atom. The highest BCUT2D eigenvalue weighted by molar-refractivity contribution is 7.17. The van der Waals surface area contributed by atoms with E-state index in [-0.39, 0.29) is 0 Å². The van der Waals surface area contributed by atoms with Crippen molar-refractivity contribution in [3.8, 4) is 11.3 Å². The molecule has 0 fully saturated rings. The highest BCUT2D eigenvalue weighted by Crippen LogP contribution is 2.35. The predicted molar refractivity (Wildman–Crippen MR) is 90.8 cm³/mol. The van der Waals surface area contributed by atoms with Gasteiger partial charge in [0.25, 0.3) is 0 Å². The third kappa shape index (κ3) is 2.46. The minimum absolute atomic E-state index is 0.570. The molecule has 1 aromatic carbocycles. The molecule has 0 radical (unpaired) electrons. The van der Waals surface area contributed by atoms with E-state index >= 15 is 0 Å². The maximum absolute atomic E-state index is 6.34. The molecule has 0 atom stereocenters. The Morgan fingerprint density at radius 3 is 2.71 bits per heavy atom. The van der Waals surface area contributed by atoms with E-state index < -0.39 is 0 Å². The predicted octanol–water partition coefficient (Wildman–Crippen LogP) is 4.49. The number of halogens is 2. The van der Waals surface area contributed by atoms with Gasteiger partial charge in [0.1, 0.15) is 0 Å². The van der Waals surface area contributed by atoms with E-state index in [4.69, 9.17) is 33.9 Å². The molecule has 3 nitrogen and oxygen atoms in total. The van der Waals surface area contributed by atoms with E-state index in [9.17, 15) is 0 Å². The maximum atomic E-state index is 6.34. The summed E-state index contributed by atoms with van der Waals surface area (Å²) < 4.78 is 2.19. The maximum Gasteiger partial charge on any atom is 0.194 e. The molecule has 110 valence electrons. The number of nitrogens with zero attached hydrogens (tertiary/aromatic N) is 2. The lowest BCUT2D eigenvalue weighted by Gasteiger charge is -2.07. The van der Waals surface area contributed by atoms with Crippen LogP contribution in [0.25, 0.3) is 16.2 Å². The molecule has 0 saturated carbocycles. The van der Waals surface area contributed by atoms with Crippen LogP contribution in [0.2, 0.25) is 10.0 Å². The van der Waals surface area contributed by atoms with Gasteiger partial charge in [-0.1, -0.05) is 23.2 Å². The van der Waals surface area contributed by atoms with Gasteiger partial charge in [-0.25, -0.2) is 4.98 Å². The lowest BCUT2D eigenvalue weighted by molar-refractivity contribution is 0.895. The average molecular weight is 340 g/mol. The number of benzene rings is 1. The van der Waals surface area contributed by atoms with Crippen molar-refractivity contribution in [3.63, 3.8) is 0 Å². The average Bonchev–Trinajstić information content (AvgIpc) is 2.89. The van der Waals surface area contributed by atoms with Crippen LogP contribution in [0, 0.1) is 13.8 Å². The molecular weight excluding hydrogens is 325 g/mol. The van der Waals surface area contributed by atoms with Crippen molar-refractivity contribution in [2.24, 2.45) is 5.73 Å². The van der Waals surface area contributed by atoms with Gasteiger partial charge >= 0.3 is 0 Å². The number of hydrogen-bond acceptors (Lipinski definition) is 3. The smallest absolute Gasteiger partial charge is 0.194 e. The van der Waals surface area contributed by atoms with Crippen molar-refractivity contribution in [1.29, 1.82) is 0 Å². The number of fused-ring (bicyclic) bond motifs is 1. The van der Waals surface area contributed by atoms with Crippen LogP contribution >= 0.6 is 34.5 Å². The Bertz CT molecular complexity index is 820. The summed E-state index contributed by atoms with van der Waals surface area (Å²) in [5, 5.41) is 1.23. The van der Waals surface area contributed by atoms with E-state index in [1.165, 1.54) is 10.6 Å². The van der Waals surface area contributed by atoms with Gasteiger partial charge in [-0.2, -0.15) is 0 Å². The molecule has 0 bridgehead atoms. The van der Waals surface area contributed by atoms with Gasteiger partial charge < -0.3 is 5.73 Å². The Morgan fingerprint density at radius 1 is 1.29 bits per heavy atom. The number of aryl methyl sites for hydroxylation is 2. The molecule has 0 saturated heterocycles. The van der Waals surface area contributed by atoms with Gasteiger partial charge in [-0.3, -0.25) is 4.40 Å². The number of thiazole rings is 1. The summed E-state index contributed by atoms with van der Waals surface area (Å²) >= 11 is 14.0. The fraction of sp³-hybridized carbons (Fsp3) is 0.267. The normalized spacial score (nSPS) is 11.5. The van der Waals surface area contributed by atoms with Crippen LogP contribution < -0.4 is 5.73 Å². The second-order valence-electron chi connectivity index (χ2n) is 4.93. The molecule has 2 aromatic heterocycles. The molecule has 21 heavy (non-hydrogen) atoms. The van der Waals surface area contributed by atoms with E-state index in [0.29, 0.717) is 16.6 Å². The zero-order chi connectivity index (χ0) is 15.1. The molecular formula is C15H15Cl2N3S. The molecule has 3 aromatic rings. The number of hydrogen-bond donors (Lipinski definition) is 1. The quantitative estimate of drug-likeness (QED) is 0.763. The molecule has 0 aliphatic carbocycles. The van der Waals surface area contributed by atoms with E-state index in [1.807, 2.05) is 12.1 Å². The van der Waals surface area contributed by atoms with Gasteiger partial charge in [0, 0.05) is 27.6 Å². The summed E-state index contributed by atoms with van der Waals surface area (Å²) in [6.45, 7) is 4.78. The molecule has 2 heterocycles. The van der Waals surface area contributed by atoms with Crippen LogP contribution in [0.1, 0.15) is 16.3 Å². The van der Waals surface area contributed by atoms with Crippen molar-refractivity contribution in [2.75, 3.05) is 6.54 Å². The minimum Gasteiger partial charge on any atom is -0.330 e. The third-order valence-electron chi connectivity index (χ3n) is 3.60. The van der Waals surface area contributed by atoms with Gasteiger partial charge in [-0.05, 0) is 38.6 Å². The first-order valence-electron chi connectivity index (χ1n) is 6.65. The van der Waals surface area contributed by atoms with Crippen molar-refractivity contribution in [1.82, 2.24) is 9.38 Å². The van der Waals surface area contributed by atoms with Gasteiger partial charge in [0.05, 0.1) is 16.4 Å². The summed E-state index contributed by atoms with van der Waals surface area (Å²) in [6, 6.07) is 5.50. The van der Waals surface area contributed by atoms with Crippen molar-refractivity contribution >= 4 is 39.5 Å². The van der Waals surface area contributed by atoms with Crippen LogP contribution in [0.3, 0.4) is 0 Å². The van der Waals surface area contributed by atoms with Crippen LogP contribution in [0.4, 0.5) is 0 Å². The highest BCUT2D eigenvalue weighted by Gasteiger charge is 2.19. The van der Waals surface area contributed by atoms with E-state index in [0.717, 1.165) is 28.3 Å². The van der Waals surface area contributed by atoms with Crippen molar-refractivity contribution in [2.45, 2.75) is 20.3 Å². The Kier molecular flexibility index (Phi) is 3.97. The lowest BCUT2D eigenvalue weighted by atomic mass is 10.1. The standard InChI is InChI=1S/C15H15Cl2N3S/c1-8-9(2)21-15-19-14(13(5-6-18)20(8)15)11-4-3-10(16)7-12(11)17/h3-4,7H,5-6,18H2,1-2H3. The second kappa shape index (κ2) is 5.61. The molecule has 0 aliphatic heterocycles. The second-order valence-corrected chi connectivity index (χ2v) is 6.96. The van der Waals surface area contributed by atoms with Crippen molar-refractivity contribution < 1.29 is 0 Å². The van der Waals surface area contributed by atoms with Crippen LogP contribution in [0.5, 0.6) is 0 Å².